The summed E-state index contributed by atoms with van der Waals surface area (Å²) in [6, 6.07) is -0.444. The van der Waals surface area contributed by atoms with E-state index in [1.54, 1.807) is 4.90 Å². The van der Waals surface area contributed by atoms with Crippen molar-refractivity contribution in [2.75, 3.05) is 6.54 Å². The molecule has 1 atom stereocenters. The summed E-state index contributed by atoms with van der Waals surface area (Å²) in [7, 11) is 0. The van der Waals surface area contributed by atoms with Crippen molar-refractivity contribution in [1.29, 1.82) is 0 Å². The van der Waals surface area contributed by atoms with Gasteiger partial charge in [-0.3, -0.25) is 0 Å². The van der Waals surface area contributed by atoms with E-state index in [4.69, 9.17) is 17.3 Å². The summed E-state index contributed by atoms with van der Waals surface area (Å²) in [5, 5.41) is 8.70. The highest BCUT2D eigenvalue weighted by Crippen LogP contribution is 2.18. The van der Waals surface area contributed by atoms with Crippen LogP contribution in [0.3, 0.4) is 0 Å². The van der Waals surface area contributed by atoms with Gasteiger partial charge in [-0.25, -0.2) is 4.79 Å². The number of thiocarbonyl (C=S) groups is 1. The summed E-state index contributed by atoms with van der Waals surface area (Å²) in [5.41, 5.74) is 0. The summed E-state index contributed by atoms with van der Waals surface area (Å²) >= 11 is 8.72. The van der Waals surface area contributed by atoms with Crippen LogP contribution in [0.4, 0.5) is 0 Å². The van der Waals surface area contributed by atoms with Crippen molar-refractivity contribution in [3.8, 4) is 0 Å². The largest absolute Gasteiger partial charge is 0.480 e. The minimum absolute atomic E-state index is 0.384. The minimum atomic E-state index is -0.807. The van der Waals surface area contributed by atoms with E-state index >= 15 is 0 Å². The molecule has 0 unspecified atom stereocenters. The molecular formula is C6H9NO2S2. The number of likely N-dealkylation sites (tertiary alicyclic amines) is 1. The summed E-state index contributed by atoms with van der Waals surface area (Å²) in [5.74, 6) is -0.807. The lowest BCUT2D eigenvalue weighted by atomic mass is 10.2. The van der Waals surface area contributed by atoms with Gasteiger partial charge in [0.25, 0.3) is 0 Å². The van der Waals surface area contributed by atoms with Crippen molar-refractivity contribution < 1.29 is 9.90 Å². The first-order valence-electron chi connectivity index (χ1n) is 3.35. The van der Waals surface area contributed by atoms with E-state index in [-0.39, 0.29) is 0 Å². The molecular weight excluding hydrogens is 182 g/mol. The van der Waals surface area contributed by atoms with Crippen LogP contribution in [0.25, 0.3) is 0 Å². The molecule has 0 spiro atoms. The zero-order valence-corrected chi connectivity index (χ0v) is 7.57. The molecule has 1 N–H and O–H groups in total. The Morgan fingerprint density at radius 1 is 1.73 bits per heavy atom. The van der Waals surface area contributed by atoms with Gasteiger partial charge in [0.1, 0.15) is 10.4 Å². The maximum absolute atomic E-state index is 10.6. The number of carbonyl (C=O) groups is 1. The van der Waals surface area contributed by atoms with Gasteiger partial charge in [-0.05, 0) is 12.8 Å². The van der Waals surface area contributed by atoms with Crippen LogP contribution >= 0.6 is 24.8 Å². The Balaban J connectivity index is 2.65. The number of carboxylic acid groups (broad SMARTS) is 1. The Bertz CT molecular complexity index is 175. The van der Waals surface area contributed by atoms with E-state index < -0.39 is 12.0 Å². The molecule has 1 saturated heterocycles. The zero-order valence-electron chi connectivity index (χ0n) is 5.86. The van der Waals surface area contributed by atoms with Crippen LogP contribution in [0.15, 0.2) is 0 Å². The Labute approximate surface area is 75.8 Å². The van der Waals surface area contributed by atoms with E-state index in [1.807, 2.05) is 0 Å². The number of nitrogens with zero attached hydrogens (tertiary/aromatic N) is 1. The Hall–Kier alpha value is -0.290. The van der Waals surface area contributed by atoms with Gasteiger partial charge in [-0.2, -0.15) is 0 Å². The van der Waals surface area contributed by atoms with Crippen LogP contribution in [0.2, 0.25) is 0 Å². The van der Waals surface area contributed by atoms with Crippen molar-refractivity contribution >= 4 is 35.1 Å². The Morgan fingerprint density at radius 3 is 2.73 bits per heavy atom. The van der Waals surface area contributed by atoms with Gasteiger partial charge in [0.05, 0.1) is 0 Å². The second-order valence-electron chi connectivity index (χ2n) is 2.47. The zero-order chi connectivity index (χ0) is 8.43. The second kappa shape index (κ2) is 3.40. The van der Waals surface area contributed by atoms with Crippen molar-refractivity contribution in [2.45, 2.75) is 18.9 Å². The average molecular weight is 191 g/mol. The lowest BCUT2D eigenvalue weighted by molar-refractivity contribution is -0.140. The molecule has 1 aliphatic heterocycles. The highest BCUT2D eigenvalue weighted by molar-refractivity contribution is 8.10. The summed E-state index contributed by atoms with van der Waals surface area (Å²) in [6.45, 7) is 0.722. The Kier molecular flexibility index (Phi) is 2.72. The quantitative estimate of drug-likeness (QED) is 0.474. The number of thiol groups is 1. The van der Waals surface area contributed by atoms with Gasteiger partial charge in [0, 0.05) is 6.54 Å². The smallest absolute Gasteiger partial charge is 0.326 e. The predicted molar refractivity (Wildman–Crippen MR) is 48.9 cm³/mol. The molecule has 0 aliphatic carbocycles. The van der Waals surface area contributed by atoms with Crippen molar-refractivity contribution in [3.05, 3.63) is 0 Å². The number of hydrogen-bond donors (Lipinski definition) is 2. The fourth-order valence-corrected chi connectivity index (χ4v) is 1.71. The van der Waals surface area contributed by atoms with Crippen LogP contribution in [0, 0.1) is 0 Å². The molecule has 0 aromatic heterocycles. The van der Waals surface area contributed by atoms with E-state index in [0.29, 0.717) is 10.7 Å². The molecule has 1 heterocycles. The van der Waals surface area contributed by atoms with Gasteiger partial charge in [0.2, 0.25) is 0 Å². The predicted octanol–water partition coefficient (Wildman–Crippen LogP) is 0.750. The monoisotopic (exact) mass is 191 g/mol. The minimum Gasteiger partial charge on any atom is -0.480 e. The van der Waals surface area contributed by atoms with Gasteiger partial charge in [-0.1, -0.05) is 12.2 Å². The maximum Gasteiger partial charge on any atom is 0.326 e. The topological polar surface area (TPSA) is 40.5 Å². The number of hydrogen-bond acceptors (Lipinski definition) is 2. The molecule has 1 fully saturated rings. The Morgan fingerprint density at radius 2 is 2.36 bits per heavy atom. The third-order valence-corrected chi connectivity index (χ3v) is 2.27. The molecule has 5 heteroatoms. The number of rotatable bonds is 1. The van der Waals surface area contributed by atoms with E-state index in [9.17, 15) is 4.79 Å². The van der Waals surface area contributed by atoms with Crippen LogP contribution in [0.1, 0.15) is 12.8 Å². The summed E-state index contributed by atoms with van der Waals surface area (Å²) in [6.07, 6.45) is 1.56. The first kappa shape index (κ1) is 8.80. The van der Waals surface area contributed by atoms with Crippen molar-refractivity contribution in [3.63, 3.8) is 0 Å². The lowest BCUT2D eigenvalue weighted by Crippen LogP contribution is -2.37. The third kappa shape index (κ3) is 1.84. The highest BCUT2D eigenvalue weighted by atomic mass is 32.1. The second-order valence-corrected chi connectivity index (χ2v) is 3.59. The first-order chi connectivity index (χ1) is 5.13. The van der Waals surface area contributed by atoms with Crippen LogP contribution in [-0.4, -0.2) is 32.9 Å². The summed E-state index contributed by atoms with van der Waals surface area (Å²) in [4.78, 5) is 12.2. The molecule has 1 aliphatic rings. The van der Waals surface area contributed by atoms with E-state index in [2.05, 4.69) is 12.6 Å². The van der Waals surface area contributed by atoms with Gasteiger partial charge < -0.3 is 10.0 Å². The molecule has 0 radical (unpaired) electrons. The number of aliphatic carboxylic acids is 1. The molecule has 11 heavy (non-hydrogen) atoms. The van der Waals surface area contributed by atoms with Gasteiger partial charge >= 0.3 is 5.97 Å². The molecule has 0 aromatic rings. The van der Waals surface area contributed by atoms with E-state index in [0.717, 1.165) is 13.0 Å². The molecule has 0 saturated carbocycles. The van der Waals surface area contributed by atoms with Crippen LogP contribution in [-0.2, 0) is 4.79 Å². The number of carboxylic acids is 1. The molecule has 62 valence electrons. The van der Waals surface area contributed by atoms with Gasteiger partial charge in [-0.15, -0.1) is 12.6 Å². The molecule has 3 nitrogen and oxygen atoms in total. The van der Waals surface area contributed by atoms with Crippen LogP contribution < -0.4 is 0 Å². The maximum atomic E-state index is 10.6. The molecule has 0 amide bonds. The molecule has 1 rings (SSSR count). The van der Waals surface area contributed by atoms with E-state index in [1.165, 1.54) is 0 Å². The average Bonchev–Trinajstić information content (AvgIpc) is 2.32. The summed E-state index contributed by atoms with van der Waals surface area (Å²) < 4.78 is 0.384. The molecule has 0 aromatic carbocycles. The standard InChI is InChI=1S/C6H9NO2S2/c8-5(9)4-2-1-3-7(4)6(10)11/h4H,1-3H2,(H,8,9)(H,10,11)/t4-/m1/s1. The molecule has 0 bridgehead atoms. The van der Waals surface area contributed by atoms with Gasteiger partial charge in [0.15, 0.2) is 0 Å². The fraction of sp³-hybridized carbons (Fsp3) is 0.667. The highest BCUT2D eigenvalue weighted by Gasteiger charge is 2.30. The van der Waals surface area contributed by atoms with Crippen molar-refractivity contribution in [2.24, 2.45) is 0 Å². The van der Waals surface area contributed by atoms with Crippen LogP contribution in [0.5, 0.6) is 0 Å². The SMILES string of the molecule is O=C(O)[C@H]1CCCN1C(=S)S. The lowest BCUT2D eigenvalue weighted by Gasteiger charge is -2.20. The first-order valence-corrected chi connectivity index (χ1v) is 4.21. The normalized spacial score (nSPS) is 23.7. The third-order valence-electron chi connectivity index (χ3n) is 1.78. The fourth-order valence-electron chi connectivity index (χ4n) is 1.25. The van der Waals surface area contributed by atoms with Crippen molar-refractivity contribution in [1.82, 2.24) is 4.90 Å².